The first-order valence-electron chi connectivity index (χ1n) is 9.98. The summed E-state index contributed by atoms with van der Waals surface area (Å²) in [6.07, 6.45) is 4.03. The van der Waals surface area contributed by atoms with Gasteiger partial charge in [-0.15, -0.1) is 0 Å². The fourth-order valence-electron chi connectivity index (χ4n) is 4.18. The molecule has 0 aliphatic carbocycles. The number of rotatable bonds is 4. The van der Waals surface area contributed by atoms with E-state index in [4.69, 9.17) is 4.74 Å². The van der Waals surface area contributed by atoms with E-state index in [9.17, 15) is 14.0 Å². The van der Waals surface area contributed by atoms with E-state index in [0.29, 0.717) is 29.0 Å². The molecule has 1 aliphatic heterocycles. The molecule has 0 saturated carbocycles. The van der Waals surface area contributed by atoms with Gasteiger partial charge >= 0.3 is 5.69 Å². The molecule has 30 heavy (non-hydrogen) atoms. The molecular weight excluding hydrogens is 389 g/mol. The van der Waals surface area contributed by atoms with Gasteiger partial charge in [0, 0.05) is 25.5 Å². The Labute approximate surface area is 170 Å². The molecule has 1 saturated heterocycles. The molecule has 0 radical (unpaired) electrons. The van der Waals surface area contributed by atoms with E-state index >= 15 is 0 Å². The Bertz CT molecular complexity index is 1370. The standard InChI is InChI=1S/C21H22FN5O3/c1-13-10-26-17-18(23-20(26)25(13)12-16-4-3-9-30-16)24(2)21(29)27(19(17)28)11-14-5-7-15(22)8-6-14/h5-8,10,16H,3-4,9,11-12H2,1-2H3/t16-/m1/s1. The van der Waals surface area contributed by atoms with Crippen LogP contribution < -0.4 is 11.2 Å². The third kappa shape index (κ3) is 2.88. The number of nitrogens with zero attached hydrogens (tertiary/aromatic N) is 5. The molecule has 4 heterocycles. The van der Waals surface area contributed by atoms with Gasteiger partial charge in [-0.3, -0.25) is 18.3 Å². The van der Waals surface area contributed by atoms with Crippen molar-refractivity contribution in [1.29, 1.82) is 0 Å². The second-order valence-corrected chi connectivity index (χ2v) is 7.83. The summed E-state index contributed by atoms with van der Waals surface area (Å²) < 4.78 is 25.3. The van der Waals surface area contributed by atoms with E-state index in [1.54, 1.807) is 23.6 Å². The van der Waals surface area contributed by atoms with Crippen molar-refractivity contribution in [3.05, 3.63) is 68.4 Å². The van der Waals surface area contributed by atoms with Gasteiger partial charge in [0.25, 0.3) is 5.56 Å². The highest BCUT2D eigenvalue weighted by Gasteiger charge is 2.23. The van der Waals surface area contributed by atoms with Crippen molar-refractivity contribution in [3.8, 4) is 0 Å². The van der Waals surface area contributed by atoms with E-state index in [0.717, 1.165) is 29.7 Å². The summed E-state index contributed by atoms with van der Waals surface area (Å²) in [7, 11) is 1.61. The summed E-state index contributed by atoms with van der Waals surface area (Å²) in [4.78, 5) is 30.8. The molecule has 0 unspecified atom stereocenters. The fraction of sp³-hybridized carbons (Fsp3) is 0.381. The van der Waals surface area contributed by atoms with Crippen LogP contribution in [0.25, 0.3) is 16.9 Å². The molecule has 1 fully saturated rings. The second-order valence-electron chi connectivity index (χ2n) is 7.83. The van der Waals surface area contributed by atoms with Crippen LogP contribution in [0.5, 0.6) is 0 Å². The lowest BCUT2D eigenvalue weighted by Gasteiger charge is -2.11. The lowest BCUT2D eigenvalue weighted by molar-refractivity contribution is 0.0974. The molecule has 0 amide bonds. The minimum Gasteiger partial charge on any atom is -0.376 e. The van der Waals surface area contributed by atoms with Crippen LogP contribution >= 0.6 is 0 Å². The lowest BCUT2D eigenvalue weighted by atomic mass is 10.2. The normalized spacial score (nSPS) is 16.8. The van der Waals surface area contributed by atoms with Gasteiger partial charge in [-0.1, -0.05) is 12.1 Å². The van der Waals surface area contributed by atoms with Crippen molar-refractivity contribution >= 4 is 16.9 Å². The number of halogens is 1. The third-order valence-electron chi connectivity index (χ3n) is 5.80. The third-order valence-corrected chi connectivity index (χ3v) is 5.80. The highest BCUT2D eigenvalue weighted by Crippen LogP contribution is 2.20. The van der Waals surface area contributed by atoms with Crippen LogP contribution in [-0.2, 0) is 24.9 Å². The molecule has 1 aromatic carbocycles. The van der Waals surface area contributed by atoms with Gasteiger partial charge < -0.3 is 9.30 Å². The van der Waals surface area contributed by atoms with E-state index in [2.05, 4.69) is 4.98 Å². The highest BCUT2D eigenvalue weighted by molar-refractivity contribution is 5.75. The smallest absolute Gasteiger partial charge is 0.332 e. The summed E-state index contributed by atoms with van der Waals surface area (Å²) in [6.45, 7) is 3.45. The molecule has 0 spiro atoms. The molecule has 0 bridgehead atoms. The Balaban J connectivity index is 1.68. The van der Waals surface area contributed by atoms with Crippen LogP contribution in [0.1, 0.15) is 24.1 Å². The number of hydrogen-bond donors (Lipinski definition) is 0. The zero-order chi connectivity index (χ0) is 21.0. The minimum atomic E-state index is -0.458. The zero-order valence-electron chi connectivity index (χ0n) is 16.8. The molecule has 8 nitrogen and oxygen atoms in total. The Morgan fingerprint density at radius 1 is 1.20 bits per heavy atom. The van der Waals surface area contributed by atoms with Gasteiger partial charge in [0.05, 0.1) is 19.2 Å². The highest BCUT2D eigenvalue weighted by atomic mass is 19.1. The maximum Gasteiger partial charge on any atom is 0.332 e. The monoisotopic (exact) mass is 411 g/mol. The molecule has 1 aliphatic rings. The molecule has 9 heteroatoms. The Hall–Kier alpha value is -3.20. The van der Waals surface area contributed by atoms with E-state index < -0.39 is 11.2 Å². The van der Waals surface area contributed by atoms with Gasteiger partial charge in [-0.2, -0.15) is 4.98 Å². The Morgan fingerprint density at radius 3 is 2.67 bits per heavy atom. The first-order chi connectivity index (χ1) is 14.4. The largest absolute Gasteiger partial charge is 0.376 e. The lowest BCUT2D eigenvalue weighted by Crippen LogP contribution is -2.39. The molecular formula is C21H22FN5O3. The van der Waals surface area contributed by atoms with Gasteiger partial charge in [0.15, 0.2) is 11.2 Å². The number of hydrogen-bond acceptors (Lipinski definition) is 4. The average molecular weight is 411 g/mol. The van der Waals surface area contributed by atoms with Crippen LogP contribution in [0.3, 0.4) is 0 Å². The maximum absolute atomic E-state index is 13.3. The van der Waals surface area contributed by atoms with Crippen LogP contribution in [0.4, 0.5) is 4.39 Å². The summed E-state index contributed by atoms with van der Waals surface area (Å²) in [5, 5.41) is 0. The van der Waals surface area contributed by atoms with Crippen molar-refractivity contribution < 1.29 is 9.13 Å². The molecule has 4 aromatic rings. The Morgan fingerprint density at radius 2 is 1.97 bits per heavy atom. The minimum absolute atomic E-state index is 0.0601. The molecule has 156 valence electrons. The predicted molar refractivity (Wildman–Crippen MR) is 109 cm³/mol. The Kier molecular flexibility index (Phi) is 4.35. The summed E-state index contributed by atoms with van der Waals surface area (Å²) in [6, 6.07) is 5.77. The van der Waals surface area contributed by atoms with E-state index in [1.165, 1.54) is 16.7 Å². The van der Waals surface area contributed by atoms with Gasteiger partial charge in [0.1, 0.15) is 5.82 Å². The van der Waals surface area contributed by atoms with Gasteiger partial charge in [0.2, 0.25) is 5.78 Å². The summed E-state index contributed by atoms with van der Waals surface area (Å²) >= 11 is 0. The topological polar surface area (TPSA) is 75.5 Å². The van der Waals surface area contributed by atoms with Crippen LogP contribution in [-0.4, -0.2) is 35.8 Å². The van der Waals surface area contributed by atoms with Gasteiger partial charge in [-0.25, -0.2) is 9.18 Å². The molecule has 0 N–H and O–H groups in total. The van der Waals surface area contributed by atoms with Crippen molar-refractivity contribution in [1.82, 2.24) is 23.1 Å². The number of benzene rings is 1. The maximum atomic E-state index is 13.3. The number of aromatic nitrogens is 5. The van der Waals surface area contributed by atoms with Crippen molar-refractivity contribution in [3.63, 3.8) is 0 Å². The van der Waals surface area contributed by atoms with Crippen molar-refractivity contribution in [2.45, 2.75) is 39.0 Å². The number of ether oxygens (including phenoxy) is 1. The van der Waals surface area contributed by atoms with Gasteiger partial charge in [-0.05, 0) is 37.5 Å². The van der Waals surface area contributed by atoms with Crippen LogP contribution in [0, 0.1) is 12.7 Å². The first kappa shape index (κ1) is 18.8. The summed E-state index contributed by atoms with van der Waals surface area (Å²) in [5.41, 5.74) is 1.45. The fourth-order valence-corrected chi connectivity index (χ4v) is 4.18. The second kappa shape index (κ2) is 6.94. The van der Waals surface area contributed by atoms with Crippen molar-refractivity contribution in [2.24, 2.45) is 7.05 Å². The summed E-state index contributed by atoms with van der Waals surface area (Å²) in [5.74, 6) is 0.250. The zero-order valence-corrected chi connectivity index (χ0v) is 16.8. The molecule has 5 rings (SSSR count). The van der Waals surface area contributed by atoms with E-state index in [-0.39, 0.29) is 18.5 Å². The quantitative estimate of drug-likeness (QED) is 0.514. The average Bonchev–Trinajstić information content (AvgIpc) is 3.43. The first-order valence-corrected chi connectivity index (χ1v) is 9.98. The SMILES string of the molecule is Cc1cn2c3c(=O)n(Cc4ccc(F)cc4)c(=O)n(C)c3nc2n1C[C@H]1CCCO1. The molecule has 1 atom stereocenters. The number of fused-ring (bicyclic) bond motifs is 3. The van der Waals surface area contributed by atoms with Crippen LogP contribution in [0.15, 0.2) is 40.1 Å². The van der Waals surface area contributed by atoms with E-state index in [1.807, 2.05) is 17.7 Å². The van der Waals surface area contributed by atoms with Crippen molar-refractivity contribution in [2.75, 3.05) is 6.61 Å². The molecule has 3 aromatic heterocycles. The predicted octanol–water partition coefficient (Wildman–Crippen LogP) is 1.82. The number of aryl methyl sites for hydroxylation is 2. The number of imidazole rings is 2. The van der Waals surface area contributed by atoms with Crippen LogP contribution in [0.2, 0.25) is 0 Å².